The fourth-order valence-electron chi connectivity index (χ4n) is 23.2. The Balaban J connectivity index is 0.000000127. The molecular weight excluding hydrogens is 1440 g/mol. The van der Waals surface area contributed by atoms with Crippen molar-refractivity contribution in [1.82, 2.24) is 0 Å². The van der Waals surface area contributed by atoms with Gasteiger partial charge in [-0.3, -0.25) is 0 Å². The highest BCUT2D eigenvalue weighted by Crippen LogP contribution is 2.55. The first-order valence-electron chi connectivity index (χ1n) is 50.1. The van der Waals surface area contributed by atoms with Crippen molar-refractivity contribution in [3.8, 4) is 67.2 Å². The Morgan fingerprint density at radius 1 is 0.252 bits per heavy atom. The molecule has 0 amide bonds. The number of nitrogens with zero attached hydrogens (tertiary/aromatic N) is 3. The van der Waals surface area contributed by atoms with Gasteiger partial charge in [-0.25, -0.2) is 13.7 Å². The SMILES string of the molecule is [2H]C1(c2ccc3cc(-c4cc(-c5ccccc5C)[n+](C)cc4C4([2H])CCCCC4)ccc3c2)CCC(C)(C)CC1.[2H]C1(c2ccc3cc(-c4cc(-c5ccccc5C)[n+](C)cc4C4([2H])CCCCC4)ccc3c2)CCC2(CCCC2)CC1.[2H]C1(c2ccc3cc(-c4cc(-c5ccccc5C)[n+](C)cc4C4([2H])CCCCC4)ccc3c2)CCC2(CCCCC2)CC1. The average Bonchev–Trinajstić information content (AvgIpc) is 0.780. The van der Waals surface area contributed by atoms with E-state index in [-0.39, 0.29) is 0 Å². The summed E-state index contributed by atoms with van der Waals surface area (Å²) in [7, 11) is 6.41. The molecule has 9 aromatic carbocycles. The largest absolute Gasteiger partial charge is 0.213 e. The number of benzene rings is 9. The average molecular weight is 1580 g/mol. The highest BCUT2D eigenvalue weighted by Gasteiger charge is 2.40. The second-order valence-electron chi connectivity index (χ2n) is 39.3. The van der Waals surface area contributed by atoms with Gasteiger partial charge in [-0.15, -0.1) is 0 Å². The van der Waals surface area contributed by atoms with Gasteiger partial charge >= 0.3 is 0 Å². The van der Waals surface area contributed by atoms with Gasteiger partial charge in [0.15, 0.2) is 18.6 Å². The summed E-state index contributed by atoms with van der Waals surface area (Å²) < 4.78 is 63.8. The van der Waals surface area contributed by atoms with Crippen LogP contribution in [0.25, 0.3) is 99.5 Å². The lowest BCUT2D eigenvalue weighted by molar-refractivity contribution is -0.660. The molecular formula is C116H138N3+3. The zero-order valence-corrected chi connectivity index (χ0v) is 73.6. The van der Waals surface area contributed by atoms with Crippen LogP contribution >= 0.6 is 0 Å². The van der Waals surface area contributed by atoms with E-state index in [9.17, 15) is 8.22 Å². The van der Waals surface area contributed by atoms with Crippen LogP contribution in [0.3, 0.4) is 0 Å². The topological polar surface area (TPSA) is 11.6 Å². The van der Waals surface area contributed by atoms with Crippen LogP contribution in [0, 0.1) is 37.0 Å². The zero-order valence-electron chi connectivity index (χ0n) is 79.6. The molecule has 3 heteroatoms. The number of pyridine rings is 3. The Bertz CT molecular complexity index is 5950. The van der Waals surface area contributed by atoms with Crippen molar-refractivity contribution < 1.29 is 21.9 Å². The van der Waals surface area contributed by atoms with Gasteiger partial charge in [0.05, 0.1) is 0 Å². The van der Waals surface area contributed by atoms with Crippen molar-refractivity contribution in [3.63, 3.8) is 0 Å². The molecule has 8 aliphatic rings. The zero-order chi connectivity index (χ0) is 86.7. The second kappa shape index (κ2) is 35.7. The summed E-state index contributed by atoms with van der Waals surface area (Å²) in [6.07, 6.45) is 48.2. The van der Waals surface area contributed by atoms with Crippen molar-refractivity contribution in [3.05, 3.63) is 269 Å². The van der Waals surface area contributed by atoms with Gasteiger partial charge in [-0.05, 0) is 349 Å². The fourth-order valence-corrected chi connectivity index (χ4v) is 23.2. The molecule has 8 fully saturated rings. The van der Waals surface area contributed by atoms with Gasteiger partial charge in [0, 0.05) is 59.8 Å². The summed E-state index contributed by atoms with van der Waals surface area (Å²) in [5.41, 5.74) is 26.7. The van der Waals surface area contributed by atoms with Crippen molar-refractivity contribution in [2.75, 3.05) is 0 Å². The van der Waals surface area contributed by atoms with E-state index in [0.717, 1.165) is 151 Å². The van der Waals surface area contributed by atoms with Gasteiger partial charge in [0.2, 0.25) is 17.1 Å². The summed E-state index contributed by atoms with van der Waals surface area (Å²) in [6.45, 7) is 11.2. The van der Waals surface area contributed by atoms with E-state index in [4.69, 9.17) is 0 Å². The standard InChI is InChI=1S/C40H48N.C39H46N.C37H44N/c1-29-11-7-8-14-36(29)39-27-37(38(28-41(39)2)31-12-5-3-6-13-31)35-18-17-33-25-32(15-16-34(33)26-35)30-19-23-40(24-20-30)21-9-4-10-22-40;1-28-10-6-7-13-35(28)38-26-36(37(27-40(38)2)30-11-4-3-5-12-30)34-17-16-32-24-31(14-15-33(32)25-34)29-18-22-39(23-19-29)20-8-9-21-39;1-26-10-8-9-13-33(26)36-24-34(35(25-38(36)4)28-11-6-5-7-12-28)32-17-16-30-22-29(14-15-31(30)23-32)27-18-20-37(2,3)21-19-27/h7-8,11,14-18,25-28,30-31H,3-6,9-10,12-13,19-24H2,1-2H3;6-7,10,13-17,24-27,29-30H,3-5,8-9,11-12,18-23H2,1-2H3;8-10,13-17,22-25,27-28H,5-7,11-12,18-21H2,1-4H3/q3*+1/i30D,31D;29D,30D;27D,28D. The third kappa shape index (κ3) is 17.8. The van der Waals surface area contributed by atoms with E-state index in [1.807, 2.05) is 0 Å². The van der Waals surface area contributed by atoms with Crippen LogP contribution in [0.4, 0.5) is 0 Å². The third-order valence-corrected chi connectivity index (χ3v) is 30.9. The molecule has 8 aliphatic carbocycles. The van der Waals surface area contributed by atoms with Crippen LogP contribution in [0.15, 0.2) is 219 Å². The molecule has 0 unspecified atom stereocenters. The van der Waals surface area contributed by atoms with E-state index in [0.29, 0.717) is 16.2 Å². The third-order valence-electron chi connectivity index (χ3n) is 30.9. The number of fused-ring (bicyclic) bond motifs is 3. The van der Waals surface area contributed by atoms with Crippen molar-refractivity contribution >= 4 is 32.3 Å². The number of aryl methyl sites for hydroxylation is 6. The molecule has 614 valence electrons. The number of rotatable bonds is 12. The maximum absolute atomic E-state index is 9.63. The monoisotopic (exact) mass is 1580 g/mol. The summed E-state index contributed by atoms with van der Waals surface area (Å²) in [6, 6.07) is 73.7. The lowest BCUT2D eigenvalue weighted by Gasteiger charge is -2.43. The minimum Gasteiger partial charge on any atom is -0.201 e. The van der Waals surface area contributed by atoms with Crippen LogP contribution in [-0.4, -0.2) is 0 Å². The lowest BCUT2D eigenvalue weighted by Crippen LogP contribution is -2.32. The molecule has 3 nitrogen and oxygen atoms in total. The number of hydrogen-bond acceptors (Lipinski definition) is 0. The normalized spacial score (nSPS) is 23.5. The first-order chi connectivity index (χ1) is 60.1. The molecule has 12 aromatic rings. The predicted octanol–water partition coefficient (Wildman–Crippen LogP) is 31.6. The number of aromatic nitrogens is 3. The Morgan fingerprint density at radius 2 is 0.513 bits per heavy atom. The van der Waals surface area contributed by atoms with Crippen molar-refractivity contribution in [2.24, 2.45) is 37.4 Å². The Kier molecular flexibility index (Phi) is 22.2. The Labute approximate surface area is 724 Å². The smallest absolute Gasteiger partial charge is 0.201 e. The van der Waals surface area contributed by atoms with Crippen LogP contribution in [0.5, 0.6) is 0 Å². The van der Waals surface area contributed by atoms with Crippen molar-refractivity contribution in [1.29, 1.82) is 0 Å². The van der Waals surface area contributed by atoms with E-state index in [2.05, 4.69) is 288 Å². The van der Waals surface area contributed by atoms with Crippen molar-refractivity contribution in [2.45, 2.75) is 301 Å². The predicted molar refractivity (Wildman–Crippen MR) is 504 cm³/mol. The van der Waals surface area contributed by atoms with E-state index < -0.39 is 35.4 Å². The molecule has 2 spiro atoms. The molecule has 0 atom stereocenters. The van der Waals surface area contributed by atoms with Crippen LogP contribution in [-0.2, 0) is 21.1 Å². The fraction of sp³-hybridized carbons (Fsp3) is 0.457. The summed E-state index contributed by atoms with van der Waals surface area (Å²) in [5.74, 6) is -3.06. The first-order valence-corrected chi connectivity index (χ1v) is 47.1. The molecule has 3 aromatic heterocycles. The summed E-state index contributed by atoms with van der Waals surface area (Å²) >= 11 is 0. The van der Waals surface area contributed by atoms with Gasteiger partial charge in [0.1, 0.15) is 21.1 Å². The quantitative estimate of drug-likeness (QED) is 0.108. The molecule has 0 N–H and O–H groups in total. The maximum Gasteiger partial charge on any atom is 0.213 e. The maximum atomic E-state index is 9.63. The second-order valence-corrected chi connectivity index (χ2v) is 39.3. The van der Waals surface area contributed by atoms with Gasteiger partial charge in [-0.2, -0.15) is 0 Å². The summed E-state index contributed by atoms with van der Waals surface area (Å²) in [4.78, 5) is 0. The highest BCUT2D eigenvalue weighted by molar-refractivity contribution is 5.92. The van der Waals surface area contributed by atoms with E-state index in [1.165, 1.54) is 230 Å². The summed E-state index contributed by atoms with van der Waals surface area (Å²) in [5, 5.41) is 7.32. The lowest BCUT2D eigenvalue weighted by atomic mass is 9.62. The first kappa shape index (κ1) is 74.1. The molecule has 0 bridgehead atoms. The number of hydrogen-bond donors (Lipinski definition) is 0. The van der Waals surface area contributed by atoms with Gasteiger partial charge < -0.3 is 0 Å². The molecule has 8 saturated carbocycles. The molecule has 20 rings (SSSR count). The molecule has 0 aliphatic heterocycles. The van der Waals surface area contributed by atoms with Crippen LogP contribution in [0.2, 0.25) is 0 Å². The molecule has 0 saturated heterocycles. The Morgan fingerprint density at radius 3 is 0.815 bits per heavy atom. The molecule has 119 heavy (non-hydrogen) atoms. The van der Waals surface area contributed by atoms with Crippen LogP contribution < -0.4 is 13.7 Å². The van der Waals surface area contributed by atoms with E-state index in [1.54, 1.807) is 0 Å². The highest BCUT2D eigenvalue weighted by atomic mass is 14.9. The van der Waals surface area contributed by atoms with E-state index >= 15 is 0 Å². The molecule has 0 radical (unpaired) electrons. The van der Waals surface area contributed by atoms with Gasteiger partial charge in [-0.1, -0.05) is 249 Å². The molecule has 3 heterocycles. The minimum atomic E-state index is -0.555. The van der Waals surface area contributed by atoms with Crippen LogP contribution in [0.1, 0.15) is 339 Å². The minimum absolute atomic E-state index is 0.352. The van der Waals surface area contributed by atoms with Gasteiger partial charge in [0.25, 0.3) is 0 Å². The Hall–Kier alpha value is -8.79.